The molecule has 160 valence electrons. The number of nitrogens with one attached hydrogen (secondary N) is 1. The van der Waals surface area contributed by atoms with Crippen LogP contribution in [0.25, 0.3) is 17.1 Å². The molecule has 0 unspecified atom stereocenters. The highest BCUT2D eigenvalue weighted by Gasteiger charge is 2.21. The Labute approximate surface area is 189 Å². The van der Waals surface area contributed by atoms with Gasteiger partial charge in [0.2, 0.25) is 5.95 Å². The molecule has 2 aromatic heterocycles. The van der Waals surface area contributed by atoms with E-state index in [1.807, 2.05) is 12.1 Å². The lowest BCUT2D eigenvalue weighted by atomic mass is 10.1. The largest absolute Gasteiger partial charge is 0.550 e. The minimum atomic E-state index is -1.19. The Morgan fingerprint density at radius 2 is 1.72 bits per heavy atom. The number of aliphatic carboxylic acids is 1. The van der Waals surface area contributed by atoms with Crippen molar-refractivity contribution in [2.75, 3.05) is 5.32 Å². The lowest BCUT2D eigenvalue weighted by molar-refractivity contribution is -0.304. The fraction of sp³-hybridized carbons (Fsp3) is 0.167. The summed E-state index contributed by atoms with van der Waals surface area (Å²) in [5.41, 5.74) is 4.57. The van der Waals surface area contributed by atoms with Crippen molar-refractivity contribution >= 4 is 23.5 Å². The van der Waals surface area contributed by atoms with Crippen molar-refractivity contribution in [2.45, 2.75) is 25.3 Å². The molecule has 0 radical (unpaired) electrons. The number of halogens is 1. The van der Waals surface area contributed by atoms with Crippen LogP contribution in [0.2, 0.25) is 5.02 Å². The number of aromatic nitrogens is 4. The molecule has 0 amide bonds. The lowest BCUT2D eigenvalue weighted by Crippen LogP contribution is -2.24. The summed E-state index contributed by atoms with van der Waals surface area (Å²) in [6.45, 7) is 0. The molecule has 2 aromatic carbocycles. The van der Waals surface area contributed by atoms with Gasteiger partial charge in [-0.05, 0) is 48.2 Å². The maximum Gasteiger partial charge on any atom is 0.222 e. The molecule has 0 saturated carbocycles. The van der Waals surface area contributed by atoms with Crippen LogP contribution in [0.5, 0.6) is 0 Å². The van der Waals surface area contributed by atoms with Crippen LogP contribution in [-0.2, 0) is 24.1 Å². The average molecular weight is 445 g/mol. The molecule has 1 aliphatic carbocycles. The first-order valence-corrected chi connectivity index (χ1v) is 10.6. The fourth-order valence-corrected chi connectivity index (χ4v) is 4.15. The monoisotopic (exact) mass is 444 g/mol. The number of rotatable bonds is 6. The Hall–Kier alpha value is -3.71. The first kappa shape index (κ1) is 20.2. The topological polar surface area (TPSA) is 95.8 Å². The number of benzene rings is 2. The predicted molar refractivity (Wildman–Crippen MR) is 120 cm³/mol. The quantitative estimate of drug-likeness (QED) is 0.491. The van der Waals surface area contributed by atoms with E-state index >= 15 is 0 Å². The van der Waals surface area contributed by atoms with Gasteiger partial charge in [-0.3, -0.25) is 4.57 Å². The zero-order valence-corrected chi connectivity index (χ0v) is 17.8. The van der Waals surface area contributed by atoms with E-state index in [1.54, 1.807) is 35.3 Å². The first-order valence-electron chi connectivity index (χ1n) is 10.2. The van der Waals surface area contributed by atoms with Gasteiger partial charge in [0, 0.05) is 47.7 Å². The van der Waals surface area contributed by atoms with E-state index in [0.29, 0.717) is 28.1 Å². The second kappa shape index (κ2) is 8.43. The van der Waals surface area contributed by atoms with Crippen LogP contribution >= 0.6 is 11.6 Å². The van der Waals surface area contributed by atoms with Gasteiger partial charge in [-0.1, -0.05) is 35.9 Å². The standard InChI is InChI=1S/C24H20ClN5O2/c25-18-5-7-21(8-6-18)30-14-20(11-22(31)32)28-23(30)17-12-26-24(27-13-17)29-19-9-15-3-1-2-4-16(15)10-19/h1-8,12-14,19H,9-11H2,(H,31,32)(H,26,27,29)/p-1. The smallest absolute Gasteiger partial charge is 0.222 e. The number of imidazole rings is 1. The normalized spacial score (nSPS) is 13.2. The fourth-order valence-electron chi connectivity index (χ4n) is 4.03. The van der Waals surface area contributed by atoms with Crippen LogP contribution in [0.4, 0.5) is 5.95 Å². The van der Waals surface area contributed by atoms with E-state index in [1.165, 1.54) is 11.1 Å². The number of anilines is 1. The van der Waals surface area contributed by atoms with Crippen molar-refractivity contribution in [2.24, 2.45) is 0 Å². The number of carbonyl (C=O) groups is 1. The summed E-state index contributed by atoms with van der Waals surface area (Å²) in [7, 11) is 0. The first-order chi connectivity index (χ1) is 15.5. The summed E-state index contributed by atoms with van der Waals surface area (Å²) in [5, 5.41) is 15.1. The molecule has 0 aliphatic heterocycles. The molecule has 5 rings (SSSR count). The van der Waals surface area contributed by atoms with Gasteiger partial charge in [0.1, 0.15) is 5.82 Å². The van der Waals surface area contributed by atoms with Crippen molar-refractivity contribution in [3.8, 4) is 17.1 Å². The summed E-state index contributed by atoms with van der Waals surface area (Å²) < 4.78 is 1.80. The highest BCUT2D eigenvalue weighted by Crippen LogP contribution is 2.26. The van der Waals surface area contributed by atoms with Gasteiger partial charge in [0.05, 0.1) is 11.3 Å². The van der Waals surface area contributed by atoms with Crippen LogP contribution in [0.3, 0.4) is 0 Å². The number of hydrogen-bond acceptors (Lipinski definition) is 6. The van der Waals surface area contributed by atoms with Crippen molar-refractivity contribution < 1.29 is 9.90 Å². The van der Waals surface area contributed by atoms with Crippen LogP contribution in [0.1, 0.15) is 16.8 Å². The molecule has 0 fully saturated rings. The third kappa shape index (κ3) is 4.20. The molecule has 1 N–H and O–H groups in total. The summed E-state index contributed by atoms with van der Waals surface area (Å²) in [4.78, 5) is 24.5. The third-order valence-electron chi connectivity index (χ3n) is 5.48. The summed E-state index contributed by atoms with van der Waals surface area (Å²) in [6.07, 6.45) is 6.65. The summed E-state index contributed by atoms with van der Waals surface area (Å²) in [5.74, 6) is -0.0971. The van der Waals surface area contributed by atoms with E-state index in [9.17, 15) is 9.90 Å². The molecular formula is C24H19ClN5O2-. The maximum absolute atomic E-state index is 11.1. The number of nitrogens with zero attached hydrogens (tertiary/aromatic N) is 4. The van der Waals surface area contributed by atoms with E-state index in [0.717, 1.165) is 18.5 Å². The maximum atomic E-state index is 11.1. The number of carbonyl (C=O) groups excluding carboxylic acids is 1. The van der Waals surface area contributed by atoms with Gasteiger partial charge < -0.3 is 15.2 Å². The van der Waals surface area contributed by atoms with Crippen molar-refractivity contribution in [1.82, 2.24) is 19.5 Å². The van der Waals surface area contributed by atoms with Crippen molar-refractivity contribution in [1.29, 1.82) is 0 Å². The molecule has 1 aliphatic rings. The van der Waals surface area contributed by atoms with E-state index in [-0.39, 0.29) is 12.5 Å². The van der Waals surface area contributed by atoms with Crippen molar-refractivity contribution in [3.05, 3.63) is 89.0 Å². The second-order valence-corrected chi connectivity index (χ2v) is 8.20. The van der Waals surface area contributed by atoms with Gasteiger partial charge in [0.25, 0.3) is 0 Å². The number of hydrogen-bond donors (Lipinski definition) is 1. The van der Waals surface area contributed by atoms with Gasteiger partial charge >= 0.3 is 0 Å². The van der Waals surface area contributed by atoms with Crippen LogP contribution < -0.4 is 10.4 Å². The molecule has 32 heavy (non-hydrogen) atoms. The Bertz CT molecular complexity index is 1240. The molecule has 4 aromatic rings. The Kier molecular flexibility index (Phi) is 5.33. The molecular weight excluding hydrogens is 426 g/mol. The molecule has 0 saturated heterocycles. The minimum absolute atomic E-state index is 0.254. The number of fused-ring (bicyclic) bond motifs is 1. The Balaban J connectivity index is 1.40. The molecule has 8 heteroatoms. The predicted octanol–water partition coefficient (Wildman–Crippen LogP) is 2.85. The second-order valence-electron chi connectivity index (χ2n) is 7.76. The van der Waals surface area contributed by atoms with Gasteiger partial charge in [-0.25, -0.2) is 15.0 Å². The number of carboxylic acid groups (broad SMARTS) is 1. The van der Waals surface area contributed by atoms with Crippen LogP contribution in [-0.4, -0.2) is 31.5 Å². The van der Waals surface area contributed by atoms with Gasteiger partial charge in [-0.2, -0.15) is 0 Å². The Morgan fingerprint density at radius 3 is 2.34 bits per heavy atom. The van der Waals surface area contributed by atoms with Crippen molar-refractivity contribution in [3.63, 3.8) is 0 Å². The molecule has 7 nitrogen and oxygen atoms in total. The molecule has 0 spiro atoms. The van der Waals surface area contributed by atoms with E-state index in [4.69, 9.17) is 11.6 Å². The lowest BCUT2D eigenvalue weighted by Gasteiger charge is -2.12. The Morgan fingerprint density at radius 1 is 1.06 bits per heavy atom. The number of carboxylic acids is 1. The summed E-state index contributed by atoms with van der Waals surface area (Å²) in [6, 6.07) is 15.9. The highest BCUT2D eigenvalue weighted by atomic mass is 35.5. The zero-order valence-electron chi connectivity index (χ0n) is 17.0. The van der Waals surface area contributed by atoms with E-state index in [2.05, 4.69) is 44.5 Å². The van der Waals surface area contributed by atoms with Crippen LogP contribution in [0.15, 0.2) is 67.1 Å². The molecule has 0 bridgehead atoms. The molecule has 0 atom stereocenters. The molecule has 2 heterocycles. The summed E-state index contributed by atoms with van der Waals surface area (Å²) >= 11 is 6.01. The van der Waals surface area contributed by atoms with Gasteiger partial charge in [-0.15, -0.1) is 0 Å². The highest BCUT2D eigenvalue weighted by molar-refractivity contribution is 6.30. The zero-order chi connectivity index (χ0) is 22.1. The average Bonchev–Trinajstić information content (AvgIpc) is 3.38. The van der Waals surface area contributed by atoms with Gasteiger partial charge in [0.15, 0.2) is 0 Å². The van der Waals surface area contributed by atoms with Crippen LogP contribution in [0, 0.1) is 0 Å². The third-order valence-corrected chi connectivity index (χ3v) is 5.73. The van der Waals surface area contributed by atoms with E-state index < -0.39 is 5.97 Å². The minimum Gasteiger partial charge on any atom is -0.550 e. The SMILES string of the molecule is O=C([O-])Cc1cn(-c2ccc(Cl)cc2)c(-c2cnc(NC3Cc4ccccc4C3)nc2)n1.